The van der Waals surface area contributed by atoms with Gasteiger partial charge in [0.05, 0.1) is 11.0 Å². The molecular formula is C52H36N4O. The lowest BCUT2D eigenvalue weighted by Gasteiger charge is -2.18. The van der Waals surface area contributed by atoms with E-state index in [2.05, 4.69) is 121 Å². The monoisotopic (exact) mass is 732 g/mol. The van der Waals surface area contributed by atoms with Crippen molar-refractivity contribution in [3.63, 3.8) is 0 Å². The van der Waals surface area contributed by atoms with Crippen LogP contribution in [0.5, 0.6) is 11.5 Å². The summed E-state index contributed by atoms with van der Waals surface area (Å²) < 4.78 is 9.06. The Bertz CT molecular complexity index is 2980. The van der Waals surface area contributed by atoms with Gasteiger partial charge < -0.3 is 9.30 Å². The molecule has 0 aliphatic rings. The fourth-order valence-electron chi connectivity index (χ4n) is 7.76. The Balaban J connectivity index is 1.18. The highest BCUT2D eigenvalue weighted by Gasteiger charge is 2.21. The number of fused-ring (bicyclic) bond motifs is 3. The topological polar surface area (TPSA) is 52.8 Å². The van der Waals surface area contributed by atoms with Gasteiger partial charge in [-0.3, -0.25) is 0 Å². The molecule has 0 spiro atoms. The zero-order valence-electron chi connectivity index (χ0n) is 31.2. The van der Waals surface area contributed by atoms with Gasteiger partial charge in [-0.25, -0.2) is 15.0 Å². The lowest BCUT2D eigenvalue weighted by Crippen LogP contribution is -2.02. The molecule has 0 bridgehead atoms. The molecule has 2 heterocycles. The van der Waals surface area contributed by atoms with Gasteiger partial charge in [0.15, 0.2) is 17.5 Å². The number of ether oxygens (including phenoxy) is 1. The molecule has 0 radical (unpaired) electrons. The quantitative estimate of drug-likeness (QED) is 0.156. The van der Waals surface area contributed by atoms with Crippen LogP contribution in [0.2, 0.25) is 0 Å². The first-order valence-corrected chi connectivity index (χ1v) is 19.1. The van der Waals surface area contributed by atoms with E-state index in [-0.39, 0.29) is 0 Å². The minimum atomic E-state index is 0.590. The highest BCUT2D eigenvalue weighted by molar-refractivity contribution is 6.10. The number of para-hydroxylation sites is 3. The number of nitrogens with zero attached hydrogens (tertiary/aromatic N) is 4. The molecule has 2 aromatic heterocycles. The van der Waals surface area contributed by atoms with Crippen molar-refractivity contribution in [1.82, 2.24) is 19.5 Å². The Morgan fingerprint density at radius 3 is 1.67 bits per heavy atom. The predicted molar refractivity (Wildman–Crippen MR) is 233 cm³/mol. The summed E-state index contributed by atoms with van der Waals surface area (Å²) in [6.07, 6.45) is 0. The zero-order valence-corrected chi connectivity index (χ0v) is 31.2. The van der Waals surface area contributed by atoms with Crippen molar-refractivity contribution in [2.24, 2.45) is 0 Å². The average molecular weight is 733 g/mol. The van der Waals surface area contributed by atoms with Gasteiger partial charge in [0.1, 0.15) is 11.5 Å². The van der Waals surface area contributed by atoms with Crippen molar-refractivity contribution >= 4 is 21.8 Å². The van der Waals surface area contributed by atoms with Crippen molar-refractivity contribution in [1.29, 1.82) is 0 Å². The third kappa shape index (κ3) is 6.41. The molecule has 8 aromatic carbocycles. The Morgan fingerprint density at radius 2 is 0.965 bits per heavy atom. The first kappa shape index (κ1) is 33.9. The third-order valence-corrected chi connectivity index (χ3v) is 10.5. The number of aryl methyl sites for hydroxylation is 1. The van der Waals surface area contributed by atoms with Crippen molar-refractivity contribution in [3.8, 4) is 73.6 Å². The molecule has 5 nitrogen and oxygen atoms in total. The van der Waals surface area contributed by atoms with Crippen LogP contribution in [0, 0.1) is 6.92 Å². The zero-order chi connectivity index (χ0) is 38.1. The summed E-state index contributed by atoms with van der Waals surface area (Å²) in [6, 6.07) is 68.9. The van der Waals surface area contributed by atoms with Crippen molar-refractivity contribution in [2.45, 2.75) is 6.92 Å². The lowest BCUT2D eigenvalue weighted by molar-refractivity contribution is 0.484. The fraction of sp³-hybridized carbons (Fsp3) is 0.0192. The van der Waals surface area contributed by atoms with Crippen LogP contribution in [0.4, 0.5) is 0 Å². The van der Waals surface area contributed by atoms with Crippen molar-refractivity contribution < 1.29 is 4.74 Å². The average Bonchev–Trinajstić information content (AvgIpc) is 3.61. The summed E-state index contributed by atoms with van der Waals surface area (Å²) in [5.74, 6) is 3.32. The summed E-state index contributed by atoms with van der Waals surface area (Å²) in [4.78, 5) is 15.3. The van der Waals surface area contributed by atoms with Crippen LogP contribution in [-0.2, 0) is 0 Å². The molecule has 0 aliphatic heterocycles. The number of hydrogen-bond donors (Lipinski definition) is 0. The standard InChI is InChI=1S/C52H36N4O/c1-35-17-16-27-43(52-54-50(36-18-6-2-7-19-36)53-51(55-52)37-20-8-3-9-21-37)49(35)45-34-39(30-32-48(45)57-41-24-12-5-13-25-41)38-29-31-47-44(33-38)42-26-14-15-28-46(42)56(47)40-22-10-4-11-23-40/h2-34H,1H3. The SMILES string of the molecule is Cc1cccc(-c2nc(-c3ccccc3)nc(-c3ccccc3)n2)c1-c1cc(-c2ccc3c(c2)c2ccccc2n3-c2ccccc2)ccc1Oc1ccccc1. The van der Waals surface area contributed by atoms with Crippen molar-refractivity contribution in [2.75, 3.05) is 0 Å². The Kier molecular flexibility index (Phi) is 8.65. The second-order valence-corrected chi connectivity index (χ2v) is 14.1. The molecule has 0 fully saturated rings. The highest BCUT2D eigenvalue weighted by atomic mass is 16.5. The van der Waals surface area contributed by atoms with E-state index < -0.39 is 0 Å². The molecule has 0 saturated carbocycles. The summed E-state index contributed by atoms with van der Waals surface area (Å²) in [6.45, 7) is 2.14. The molecule has 10 rings (SSSR count). The maximum atomic E-state index is 6.71. The van der Waals surface area contributed by atoms with E-state index >= 15 is 0 Å². The van der Waals surface area contributed by atoms with E-state index in [1.165, 1.54) is 16.3 Å². The first-order valence-electron chi connectivity index (χ1n) is 19.1. The normalized spacial score (nSPS) is 11.2. The molecule has 0 saturated heterocycles. The first-order chi connectivity index (χ1) is 28.2. The van der Waals surface area contributed by atoms with Crippen LogP contribution in [0.3, 0.4) is 0 Å². The number of rotatable bonds is 8. The van der Waals surface area contributed by atoms with Gasteiger partial charge in [0.25, 0.3) is 0 Å². The van der Waals surface area contributed by atoms with E-state index in [0.29, 0.717) is 17.5 Å². The Morgan fingerprint density at radius 1 is 0.404 bits per heavy atom. The van der Waals surface area contributed by atoms with E-state index in [9.17, 15) is 0 Å². The Labute approximate surface area is 331 Å². The molecule has 0 atom stereocenters. The maximum Gasteiger partial charge on any atom is 0.164 e. The van der Waals surface area contributed by atoms with Crippen LogP contribution in [0.1, 0.15) is 5.56 Å². The number of hydrogen-bond acceptors (Lipinski definition) is 4. The van der Waals surface area contributed by atoms with Crippen LogP contribution in [0.15, 0.2) is 200 Å². The fourth-order valence-corrected chi connectivity index (χ4v) is 7.76. The van der Waals surface area contributed by atoms with Gasteiger partial charge in [0.2, 0.25) is 0 Å². The van der Waals surface area contributed by atoms with Crippen LogP contribution in [0.25, 0.3) is 83.9 Å². The van der Waals surface area contributed by atoms with Crippen LogP contribution in [-0.4, -0.2) is 19.5 Å². The summed E-state index contributed by atoms with van der Waals surface area (Å²) in [5.41, 5.74) is 11.4. The van der Waals surface area contributed by atoms with Crippen LogP contribution < -0.4 is 4.74 Å². The van der Waals surface area contributed by atoms with Gasteiger partial charge in [-0.05, 0) is 83.8 Å². The third-order valence-electron chi connectivity index (χ3n) is 10.5. The minimum Gasteiger partial charge on any atom is -0.457 e. The van der Waals surface area contributed by atoms with Crippen molar-refractivity contribution in [3.05, 3.63) is 206 Å². The largest absolute Gasteiger partial charge is 0.457 e. The summed E-state index contributed by atoms with van der Waals surface area (Å²) >= 11 is 0. The van der Waals surface area contributed by atoms with E-state index in [0.717, 1.165) is 67.2 Å². The second kappa shape index (κ2) is 14.5. The molecule has 0 amide bonds. The van der Waals surface area contributed by atoms with E-state index in [1.54, 1.807) is 0 Å². The van der Waals surface area contributed by atoms with Gasteiger partial charge in [-0.1, -0.05) is 146 Å². The van der Waals surface area contributed by atoms with Gasteiger partial charge in [0, 0.05) is 38.7 Å². The summed E-state index contributed by atoms with van der Waals surface area (Å²) in [7, 11) is 0. The molecule has 0 unspecified atom stereocenters. The molecule has 10 aromatic rings. The van der Waals surface area contributed by atoms with Crippen LogP contribution >= 0.6 is 0 Å². The maximum absolute atomic E-state index is 6.71. The molecule has 0 N–H and O–H groups in total. The minimum absolute atomic E-state index is 0.590. The molecular weight excluding hydrogens is 697 g/mol. The highest BCUT2D eigenvalue weighted by Crippen LogP contribution is 2.44. The Hall–Kier alpha value is -7.63. The number of aromatic nitrogens is 4. The van der Waals surface area contributed by atoms with Gasteiger partial charge >= 0.3 is 0 Å². The van der Waals surface area contributed by atoms with E-state index in [1.807, 2.05) is 91.0 Å². The molecule has 57 heavy (non-hydrogen) atoms. The van der Waals surface area contributed by atoms with Gasteiger partial charge in [-0.15, -0.1) is 0 Å². The predicted octanol–water partition coefficient (Wildman–Crippen LogP) is 13.4. The molecule has 5 heteroatoms. The molecule has 270 valence electrons. The summed E-state index contributed by atoms with van der Waals surface area (Å²) in [5, 5.41) is 2.41. The smallest absolute Gasteiger partial charge is 0.164 e. The van der Waals surface area contributed by atoms with Gasteiger partial charge in [-0.2, -0.15) is 0 Å². The lowest BCUT2D eigenvalue weighted by atomic mass is 9.91. The number of benzene rings is 8. The second-order valence-electron chi connectivity index (χ2n) is 14.1. The molecule has 0 aliphatic carbocycles. The van der Waals surface area contributed by atoms with E-state index in [4.69, 9.17) is 19.7 Å².